The second-order valence-corrected chi connectivity index (χ2v) is 5.00. The molecule has 0 atom stereocenters. The van der Waals surface area contributed by atoms with E-state index >= 15 is 0 Å². The molecule has 0 amide bonds. The number of aromatic amines is 1. The highest BCUT2D eigenvalue weighted by Crippen LogP contribution is 2.32. The van der Waals surface area contributed by atoms with Gasteiger partial charge < -0.3 is 10.5 Å². The summed E-state index contributed by atoms with van der Waals surface area (Å²) in [6.45, 7) is 1.40. The maximum atomic E-state index is 6.37. The number of hydrogen-bond donors (Lipinski definition) is 2. The highest BCUT2D eigenvalue weighted by Gasteiger charge is 2.32. The van der Waals surface area contributed by atoms with Crippen molar-refractivity contribution < 1.29 is 4.74 Å². The topological polar surface area (TPSA) is 89.7 Å². The minimum atomic E-state index is -0.354. The van der Waals surface area contributed by atoms with Crippen molar-refractivity contribution in [1.29, 1.82) is 0 Å². The lowest BCUT2D eigenvalue weighted by Gasteiger charge is -2.31. The van der Waals surface area contributed by atoms with E-state index in [2.05, 4.69) is 20.2 Å². The third-order valence-corrected chi connectivity index (χ3v) is 3.87. The molecule has 1 aliphatic heterocycles. The van der Waals surface area contributed by atoms with E-state index in [1.54, 1.807) is 0 Å². The predicted octanol–water partition coefficient (Wildman–Crippen LogP) is 0.893. The molecule has 3 N–H and O–H groups in total. The summed E-state index contributed by atoms with van der Waals surface area (Å²) < 4.78 is 5.33. The number of ether oxygens (including phenoxy) is 1. The van der Waals surface area contributed by atoms with Crippen LogP contribution in [0.25, 0.3) is 10.8 Å². The van der Waals surface area contributed by atoms with Crippen LogP contribution >= 0.6 is 11.3 Å². The molecule has 6 nitrogen and oxygen atoms in total. The smallest absolute Gasteiger partial charge is 0.184 e. The van der Waals surface area contributed by atoms with E-state index in [1.807, 2.05) is 5.38 Å². The van der Waals surface area contributed by atoms with E-state index in [0.29, 0.717) is 19.0 Å². The van der Waals surface area contributed by atoms with Crippen molar-refractivity contribution in [2.24, 2.45) is 5.73 Å². The van der Waals surface area contributed by atoms with Crippen molar-refractivity contribution in [2.75, 3.05) is 13.2 Å². The van der Waals surface area contributed by atoms with Crippen LogP contribution in [0.3, 0.4) is 0 Å². The molecule has 7 heteroatoms. The van der Waals surface area contributed by atoms with Gasteiger partial charge in [0.25, 0.3) is 0 Å². The van der Waals surface area contributed by atoms with Crippen molar-refractivity contribution in [3.05, 3.63) is 17.4 Å². The summed E-state index contributed by atoms with van der Waals surface area (Å²) in [4.78, 5) is 8.64. The Balaban J connectivity index is 1.89. The molecule has 0 radical (unpaired) electrons. The molecular weight excluding hydrogens is 238 g/mol. The lowest BCUT2D eigenvalue weighted by molar-refractivity contribution is 0.0510. The first-order chi connectivity index (χ1) is 8.28. The maximum Gasteiger partial charge on any atom is 0.184 e. The molecule has 2 aromatic rings. The Bertz CT molecular complexity index is 489. The molecule has 0 spiro atoms. The summed E-state index contributed by atoms with van der Waals surface area (Å²) in [5, 5.41) is 9.45. The highest BCUT2D eigenvalue weighted by molar-refractivity contribution is 7.13. The van der Waals surface area contributed by atoms with Gasteiger partial charge in [0.05, 0.1) is 11.2 Å². The Hall–Kier alpha value is -1.31. The summed E-state index contributed by atoms with van der Waals surface area (Å²) >= 11 is 1.53. The molecular formula is C10H13N5OS. The second kappa shape index (κ2) is 4.17. The average Bonchev–Trinajstić information content (AvgIpc) is 3.01. The van der Waals surface area contributed by atoms with Gasteiger partial charge in [-0.1, -0.05) is 0 Å². The summed E-state index contributed by atoms with van der Waals surface area (Å²) in [7, 11) is 0. The van der Waals surface area contributed by atoms with Crippen LogP contribution in [0.1, 0.15) is 18.5 Å². The Morgan fingerprint density at radius 1 is 1.41 bits per heavy atom. The Morgan fingerprint density at radius 2 is 2.24 bits per heavy atom. The fourth-order valence-electron chi connectivity index (χ4n) is 1.91. The average molecular weight is 251 g/mol. The van der Waals surface area contributed by atoms with Crippen LogP contribution < -0.4 is 5.73 Å². The quantitative estimate of drug-likeness (QED) is 0.827. The van der Waals surface area contributed by atoms with Gasteiger partial charge in [-0.2, -0.15) is 5.10 Å². The van der Waals surface area contributed by atoms with Gasteiger partial charge in [-0.15, -0.1) is 11.3 Å². The molecule has 0 saturated carbocycles. The van der Waals surface area contributed by atoms with Gasteiger partial charge in [-0.25, -0.2) is 9.97 Å². The molecule has 1 fully saturated rings. The molecule has 3 heterocycles. The zero-order valence-electron chi connectivity index (χ0n) is 9.22. The first kappa shape index (κ1) is 10.8. The van der Waals surface area contributed by atoms with Gasteiger partial charge in [0.2, 0.25) is 0 Å². The monoisotopic (exact) mass is 251 g/mol. The third kappa shape index (κ3) is 1.97. The Labute approximate surface area is 102 Å². The molecule has 0 aliphatic carbocycles. The zero-order valence-corrected chi connectivity index (χ0v) is 10.0. The van der Waals surface area contributed by atoms with Gasteiger partial charge in [0.1, 0.15) is 6.33 Å². The summed E-state index contributed by atoms with van der Waals surface area (Å²) in [5.74, 6) is 0.692. The van der Waals surface area contributed by atoms with Gasteiger partial charge in [0, 0.05) is 18.6 Å². The van der Waals surface area contributed by atoms with Gasteiger partial charge in [0.15, 0.2) is 10.8 Å². The van der Waals surface area contributed by atoms with Gasteiger partial charge in [-0.05, 0) is 12.8 Å². The van der Waals surface area contributed by atoms with Crippen LogP contribution in [0.5, 0.6) is 0 Å². The van der Waals surface area contributed by atoms with Gasteiger partial charge in [-0.3, -0.25) is 5.10 Å². The van der Waals surface area contributed by atoms with Gasteiger partial charge >= 0.3 is 0 Å². The minimum Gasteiger partial charge on any atom is -0.381 e. The van der Waals surface area contributed by atoms with Crippen molar-refractivity contribution >= 4 is 11.3 Å². The minimum absolute atomic E-state index is 0.354. The first-order valence-corrected chi connectivity index (χ1v) is 6.34. The largest absolute Gasteiger partial charge is 0.381 e. The fourth-order valence-corrected chi connectivity index (χ4v) is 2.78. The lowest BCUT2D eigenvalue weighted by atomic mass is 9.88. The Kier molecular flexibility index (Phi) is 2.65. The third-order valence-electron chi connectivity index (χ3n) is 3.02. The standard InChI is InChI=1S/C10H13N5OS/c11-10(1-3-16-4-2-10)7-5-17-9(14-7)8-12-6-13-15-8/h5-6H,1-4,11H2,(H,12,13,15). The van der Waals surface area contributed by atoms with E-state index in [0.717, 1.165) is 23.5 Å². The fraction of sp³-hybridized carbons (Fsp3) is 0.500. The van der Waals surface area contributed by atoms with Crippen LogP contribution in [0.4, 0.5) is 0 Å². The number of thiazole rings is 1. The molecule has 0 unspecified atom stereocenters. The number of rotatable bonds is 2. The van der Waals surface area contributed by atoms with Crippen molar-refractivity contribution in [1.82, 2.24) is 20.2 Å². The molecule has 0 bridgehead atoms. The summed E-state index contributed by atoms with van der Waals surface area (Å²) in [6, 6.07) is 0. The van der Waals surface area contributed by atoms with Crippen molar-refractivity contribution in [3.63, 3.8) is 0 Å². The van der Waals surface area contributed by atoms with Crippen molar-refractivity contribution in [3.8, 4) is 10.8 Å². The molecule has 0 aromatic carbocycles. The predicted molar refractivity (Wildman–Crippen MR) is 63.4 cm³/mol. The second-order valence-electron chi connectivity index (χ2n) is 4.14. The number of H-pyrrole nitrogens is 1. The molecule has 17 heavy (non-hydrogen) atoms. The Morgan fingerprint density at radius 3 is 2.94 bits per heavy atom. The molecule has 90 valence electrons. The van der Waals surface area contributed by atoms with E-state index in [-0.39, 0.29) is 5.54 Å². The number of nitrogens with one attached hydrogen (secondary N) is 1. The molecule has 1 saturated heterocycles. The zero-order chi connectivity index (χ0) is 11.7. The highest BCUT2D eigenvalue weighted by atomic mass is 32.1. The van der Waals surface area contributed by atoms with E-state index in [1.165, 1.54) is 17.7 Å². The lowest BCUT2D eigenvalue weighted by Crippen LogP contribution is -2.42. The number of nitrogens with zero attached hydrogens (tertiary/aromatic N) is 3. The van der Waals surface area contributed by atoms with Crippen molar-refractivity contribution in [2.45, 2.75) is 18.4 Å². The van der Waals surface area contributed by atoms with Crippen LogP contribution in [0.15, 0.2) is 11.7 Å². The maximum absolute atomic E-state index is 6.37. The van der Waals surface area contributed by atoms with E-state index in [4.69, 9.17) is 10.5 Å². The number of nitrogens with two attached hydrogens (primary N) is 1. The van der Waals surface area contributed by atoms with Crippen LogP contribution in [-0.2, 0) is 10.3 Å². The number of hydrogen-bond acceptors (Lipinski definition) is 6. The summed E-state index contributed by atoms with van der Waals surface area (Å²) in [5.41, 5.74) is 6.94. The number of aromatic nitrogens is 4. The van der Waals surface area contributed by atoms with E-state index < -0.39 is 0 Å². The van der Waals surface area contributed by atoms with Crippen LogP contribution in [0.2, 0.25) is 0 Å². The molecule has 3 rings (SSSR count). The molecule has 2 aromatic heterocycles. The van der Waals surface area contributed by atoms with Crippen LogP contribution in [-0.4, -0.2) is 33.4 Å². The normalized spacial score (nSPS) is 19.4. The summed E-state index contributed by atoms with van der Waals surface area (Å²) in [6.07, 6.45) is 3.10. The van der Waals surface area contributed by atoms with E-state index in [9.17, 15) is 0 Å². The molecule has 1 aliphatic rings. The van der Waals surface area contributed by atoms with Crippen LogP contribution in [0, 0.1) is 0 Å². The SMILES string of the molecule is NC1(c2csc(-c3ncn[nH]3)n2)CCOCC1. The first-order valence-electron chi connectivity index (χ1n) is 5.46.